The van der Waals surface area contributed by atoms with Crippen molar-refractivity contribution in [3.05, 3.63) is 64.1 Å². The number of thiazole rings is 1. The largest absolute Gasteiger partial charge is 0.493 e. The molecule has 0 aliphatic rings. The number of methoxy groups -OCH3 is 1. The van der Waals surface area contributed by atoms with E-state index in [0.717, 1.165) is 10.7 Å². The Kier molecular flexibility index (Phi) is 5.00. The summed E-state index contributed by atoms with van der Waals surface area (Å²) in [5, 5.41) is 3.76. The van der Waals surface area contributed by atoms with Crippen LogP contribution in [0.2, 0.25) is 0 Å². The number of nitrogens with zero attached hydrogens (tertiary/aromatic N) is 1. The number of para-hydroxylation sites is 2. The van der Waals surface area contributed by atoms with Gasteiger partial charge in [0.25, 0.3) is 5.91 Å². The molecule has 0 radical (unpaired) electrons. The Morgan fingerprint density at radius 2 is 1.72 bits per heavy atom. The van der Waals surface area contributed by atoms with E-state index in [1.54, 1.807) is 31.4 Å². The molecule has 0 fully saturated rings. The first-order chi connectivity index (χ1) is 12.1. The number of amides is 1. The van der Waals surface area contributed by atoms with Crippen LogP contribution >= 0.6 is 11.3 Å². The van der Waals surface area contributed by atoms with Gasteiger partial charge in [0.1, 0.15) is 10.6 Å². The van der Waals surface area contributed by atoms with Crippen molar-refractivity contribution in [3.8, 4) is 17.2 Å². The minimum Gasteiger partial charge on any atom is -0.493 e. The Morgan fingerprint density at radius 1 is 1.04 bits per heavy atom. The first-order valence-electron chi connectivity index (χ1n) is 7.73. The van der Waals surface area contributed by atoms with Crippen molar-refractivity contribution in [2.45, 2.75) is 13.8 Å². The van der Waals surface area contributed by atoms with E-state index in [2.05, 4.69) is 10.3 Å². The third-order valence-corrected chi connectivity index (χ3v) is 4.59. The molecule has 0 aliphatic carbocycles. The van der Waals surface area contributed by atoms with Gasteiger partial charge in [-0.3, -0.25) is 4.79 Å². The van der Waals surface area contributed by atoms with Gasteiger partial charge in [0.15, 0.2) is 11.5 Å². The monoisotopic (exact) mass is 354 g/mol. The zero-order valence-electron chi connectivity index (χ0n) is 14.2. The average Bonchev–Trinajstić information content (AvgIpc) is 2.95. The summed E-state index contributed by atoms with van der Waals surface area (Å²) >= 11 is 1.39. The van der Waals surface area contributed by atoms with E-state index < -0.39 is 0 Å². The van der Waals surface area contributed by atoms with Crippen LogP contribution in [0.4, 0.5) is 5.69 Å². The molecule has 1 heterocycles. The summed E-state index contributed by atoms with van der Waals surface area (Å²) < 4.78 is 11.1. The minimum atomic E-state index is -0.151. The second-order valence-electron chi connectivity index (χ2n) is 5.38. The van der Waals surface area contributed by atoms with Crippen LogP contribution in [0.25, 0.3) is 0 Å². The summed E-state index contributed by atoms with van der Waals surface area (Å²) in [4.78, 5) is 17.2. The maximum Gasteiger partial charge on any atom is 0.267 e. The van der Waals surface area contributed by atoms with Crippen molar-refractivity contribution in [1.29, 1.82) is 0 Å². The van der Waals surface area contributed by atoms with Crippen molar-refractivity contribution in [2.24, 2.45) is 0 Å². The Balaban J connectivity index is 1.70. The predicted octanol–water partition coefficient (Wildman–Crippen LogP) is 4.81. The average molecular weight is 354 g/mol. The van der Waals surface area contributed by atoms with Gasteiger partial charge in [-0.15, -0.1) is 11.3 Å². The van der Waals surface area contributed by atoms with Crippen molar-refractivity contribution in [2.75, 3.05) is 12.4 Å². The Morgan fingerprint density at radius 3 is 2.32 bits per heavy atom. The molecule has 1 amide bonds. The highest BCUT2D eigenvalue weighted by Gasteiger charge is 2.14. The van der Waals surface area contributed by atoms with Gasteiger partial charge in [-0.2, -0.15) is 0 Å². The molecule has 0 aliphatic heterocycles. The molecule has 0 atom stereocenters. The molecule has 1 aromatic heterocycles. The van der Waals surface area contributed by atoms with Gasteiger partial charge in [0, 0.05) is 5.69 Å². The Hall–Kier alpha value is -2.86. The van der Waals surface area contributed by atoms with Crippen molar-refractivity contribution < 1.29 is 14.3 Å². The van der Waals surface area contributed by atoms with Crippen LogP contribution in [0.1, 0.15) is 20.4 Å². The van der Waals surface area contributed by atoms with Crippen LogP contribution < -0.4 is 14.8 Å². The molecular weight excluding hydrogens is 336 g/mol. The van der Waals surface area contributed by atoms with Crippen LogP contribution in [0.3, 0.4) is 0 Å². The highest BCUT2D eigenvalue weighted by atomic mass is 32.1. The van der Waals surface area contributed by atoms with Gasteiger partial charge in [-0.25, -0.2) is 4.98 Å². The summed E-state index contributed by atoms with van der Waals surface area (Å²) in [7, 11) is 1.60. The lowest BCUT2D eigenvalue weighted by molar-refractivity contribution is 0.103. The van der Waals surface area contributed by atoms with Gasteiger partial charge >= 0.3 is 0 Å². The smallest absolute Gasteiger partial charge is 0.267 e. The van der Waals surface area contributed by atoms with Crippen LogP contribution in [0, 0.1) is 13.8 Å². The van der Waals surface area contributed by atoms with E-state index in [-0.39, 0.29) is 5.91 Å². The fourth-order valence-corrected chi connectivity index (χ4v) is 3.18. The highest BCUT2D eigenvalue weighted by molar-refractivity contribution is 7.13. The Labute approximate surface area is 150 Å². The highest BCUT2D eigenvalue weighted by Crippen LogP contribution is 2.31. The zero-order chi connectivity index (χ0) is 17.8. The summed E-state index contributed by atoms with van der Waals surface area (Å²) in [5.74, 6) is 1.81. The molecular formula is C19H18N2O3S. The van der Waals surface area contributed by atoms with Crippen LogP contribution in [-0.2, 0) is 0 Å². The molecule has 3 aromatic rings. The van der Waals surface area contributed by atoms with Crippen molar-refractivity contribution >= 4 is 22.9 Å². The number of aryl methyl sites for hydroxylation is 2. The lowest BCUT2D eigenvalue weighted by Gasteiger charge is -2.10. The molecule has 0 spiro atoms. The maximum atomic E-state index is 12.3. The van der Waals surface area contributed by atoms with Crippen LogP contribution in [-0.4, -0.2) is 18.0 Å². The number of carbonyl (C=O) groups excluding carboxylic acids is 1. The van der Waals surface area contributed by atoms with E-state index in [4.69, 9.17) is 9.47 Å². The number of anilines is 1. The number of carbonyl (C=O) groups is 1. The molecule has 0 unspecified atom stereocenters. The fraction of sp³-hybridized carbons (Fsp3) is 0.158. The quantitative estimate of drug-likeness (QED) is 0.714. The summed E-state index contributed by atoms with van der Waals surface area (Å²) in [6, 6.07) is 14.6. The molecule has 0 saturated heterocycles. The second kappa shape index (κ2) is 7.36. The molecule has 0 saturated carbocycles. The second-order valence-corrected chi connectivity index (χ2v) is 6.58. The van der Waals surface area contributed by atoms with Gasteiger partial charge in [0.05, 0.1) is 17.8 Å². The minimum absolute atomic E-state index is 0.151. The topological polar surface area (TPSA) is 60.5 Å². The summed E-state index contributed by atoms with van der Waals surface area (Å²) in [6.45, 7) is 3.72. The standard InChI is InChI=1S/C19H18N2O3S/c1-12-18(25-13(2)20-12)19(22)21-14-8-10-15(11-9-14)24-17-7-5-4-6-16(17)23-3/h4-11H,1-3H3,(H,21,22). The lowest BCUT2D eigenvalue weighted by atomic mass is 10.2. The first kappa shape index (κ1) is 17.0. The van der Waals surface area contributed by atoms with E-state index in [1.165, 1.54) is 11.3 Å². The molecule has 3 rings (SSSR count). The third-order valence-electron chi connectivity index (χ3n) is 3.52. The van der Waals surface area contributed by atoms with Crippen molar-refractivity contribution in [1.82, 2.24) is 4.98 Å². The SMILES string of the molecule is COc1ccccc1Oc1ccc(NC(=O)c2sc(C)nc2C)cc1. The normalized spacial score (nSPS) is 10.4. The number of aromatic nitrogens is 1. The van der Waals surface area contributed by atoms with Crippen LogP contribution in [0.15, 0.2) is 48.5 Å². The molecule has 5 nitrogen and oxygen atoms in total. The molecule has 0 bridgehead atoms. The summed E-state index contributed by atoms with van der Waals surface area (Å²) in [6.07, 6.45) is 0. The van der Waals surface area contributed by atoms with Gasteiger partial charge in [-0.05, 0) is 50.2 Å². The molecule has 1 N–H and O–H groups in total. The van der Waals surface area contributed by atoms with E-state index >= 15 is 0 Å². The number of benzene rings is 2. The number of hydrogen-bond donors (Lipinski definition) is 1. The first-order valence-corrected chi connectivity index (χ1v) is 8.55. The number of ether oxygens (including phenoxy) is 2. The van der Waals surface area contributed by atoms with E-state index in [9.17, 15) is 4.79 Å². The number of rotatable bonds is 5. The zero-order valence-corrected chi connectivity index (χ0v) is 15.0. The van der Waals surface area contributed by atoms with E-state index in [0.29, 0.717) is 27.8 Å². The third kappa shape index (κ3) is 3.97. The number of nitrogens with one attached hydrogen (secondary N) is 1. The molecule has 2 aromatic carbocycles. The van der Waals surface area contributed by atoms with Gasteiger partial charge in [0.2, 0.25) is 0 Å². The van der Waals surface area contributed by atoms with Crippen molar-refractivity contribution in [3.63, 3.8) is 0 Å². The molecule has 128 valence electrons. The lowest BCUT2D eigenvalue weighted by Crippen LogP contribution is -2.11. The van der Waals surface area contributed by atoms with Crippen LogP contribution in [0.5, 0.6) is 17.2 Å². The molecule has 6 heteroatoms. The van der Waals surface area contributed by atoms with E-state index in [1.807, 2.05) is 38.1 Å². The molecule has 25 heavy (non-hydrogen) atoms. The maximum absolute atomic E-state index is 12.3. The number of hydrogen-bond acceptors (Lipinski definition) is 5. The predicted molar refractivity (Wildman–Crippen MR) is 99.1 cm³/mol. The van der Waals surface area contributed by atoms with Gasteiger partial charge in [-0.1, -0.05) is 12.1 Å². The van der Waals surface area contributed by atoms with Gasteiger partial charge < -0.3 is 14.8 Å². The fourth-order valence-electron chi connectivity index (χ4n) is 2.37. The summed E-state index contributed by atoms with van der Waals surface area (Å²) in [5.41, 5.74) is 1.44. The Bertz CT molecular complexity index is 888.